The van der Waals surface area contributed by atoms with E-state index in [1.807, 2.05) is 0 Å². The van der Waals surface area contributed by atoms with Gasteiger partial charge in [0.1, 0.15) is 0 Å². The van der Waals surface area contributed by atoms with Gasteiger partial charge in [-0.15, -0.1) is 0 Å². The molecule has 1 aliphatic carbocycles. The number of allylic oxidation sites excluding steroid dienone is 2. The average molecular weight is 375 g/mol. The van der Waals surface area contributed by atoms with E-state index in [1.54, 1.807) is 0 Å². The molecule has 150 valence electrons. The van der Waals surface area contributed by atoms with Crippen LogP contribution in [0.2, 0.25) is 0 Å². The number of hydrogen-bond donors (Lipinski definition) is 0. The summed E-state index contributed by atoms with van der Waals surface area (Å²) in [5.74, 6) is 1.37. The van der Waals surface area contributed by atoms with Crippen LogP contribution in [0.15, 0.2) is 60.7 Å². The van der Waals surface area contributed by atoms with Gasteiger partial charge in [-0.05, 0) is 73.1 Å². The normalized spacial score (nSPS) is 19.1. The fourth-order valence-corrected chi connectivity index (χ4v) is 4.42. The molecular weight excluding hydrogens is 336 g/mol. The van der Waals surface area contributed by atoms with Gasteiger partial charge in [-0.2, -0.15) is 0 Å². The van der Waals surface area contributed by atoms with Crippen molar-refractivity contribution in [3.05, 3.63) is 82.9 Å². The van der Waals surface area contributed by atoms with Gasteiger partial charge in [0.25, 0.3) is 0 Å². The molecule has 0 fully saturated rings. The monoisotopic (exact) mass is 374 g/mol. The maximum absolute atomic E-state index is 2.49. The third-order valence-corrected chi connectivity index (χ3v) is 6.31. The van der Waals surface area contributed by atoms with Crippen LogP contribution in [0.4, 0.5) is 0 Å². The Morgan fingerprint density at radius 1 is 0.643 bits per heavy atom. The summed E-state index contributed by atoms with van der Waals surface area (Å²) in [5.41, 5.74) is 5.97. The van der Waals surface area contributed by atoms with E-state index in [2.05, 4.69) is 74.5 Å². The first-order valence-electron chi connectivity index (χ1n) is 11.6. The quantitative estimate of drug-likeness (QED) is 0.291. The van der Waals surface area contributed by atoms with Crippen molar-refractivity contribution in [2.24, 2.45) is 5.92 Å². The van der Waals surface area contributed by atoms with Crippen LogP contribution in [0.1, 0.15) is 87.0 Å². The molecule has 0 bridgehead atoms. The molecule has 2 aromatic carbocycles. The van der Waals surface area contributed by atoms with Crippen molar-refractivity contribution in [3.63, 3.8) is 0 Å². The zero-order valence-electron chi connectivity index (χ0n) is 18.0. The molecule has 1 aliphatic rings. The summed E-state index contributed by atoms with van der Waals surface area (Å²) in [6, 6.07) is 18.8. The second kappa shape index (κ2) is 11.2. The second-order valence-corrected chi connectivity index (χ2v) is 8.63. The maximum atomic E-state index is 2.49. The molecule has 3 rings (SSSR count). The van der Waals surface area contributed by atoms with E-state index in [4.69, 9.17) is 0 Å². The summed E-state index contributed by atoms with van der Waals surface area (Å²) < 4.78 is 0. The van der Waals surface area contributed by atoms with E-state index in [0.29, 0.717) is 5.92 Å². The van der Waals surface area contributed by atoms with Crippen LogP contribution in [0.5, 0.6) is 0 Å². The van der Waals surface area contributed by atoms with Crippen molar-refractivity contribution < 1.29 is 0 Å². The zero-order chi connectivity index (χ0) is 19.6. The molecule has 0 amide bonds. The van der Waals surface area contributed by atoms with Crippen LogP contribution < -0.4 is 0 Å². The summed E-state index contributed by atoms with van der Waals surface area (Å²) in [6.07, 6.45) is 17.7. The van der Waals surface area contributed by atoms with Crippen molar-refractivity contribution in [3.8, 4) is 0 Å². The smallest absolute Gasteiger partial charge is 0.00182 e. The lowest BCUT2D eigenvalue weighted by atomic mass is 9.82. The summed E-state index contributed by atoms with van der Waals surface area (Å²) in [6.45, 7) is 4.52. The molecule has 2 aromatic rings. The van der Waals surface area contributed by atoms with E-state index in [-0.39, 0.29) is 0 Å². The van der Waals surface area contributed by atoms with E-state index < -0.39 is 0 Å². The summed E-state index contributed by atoms with van der Waals surface area (Å²) in [7, 11) is 0. The van der Waals surface area contributed by atoms with E-state index in [9.17, 15) is 0 Å². The Hall–Kier alpha value is -1.82. The number of rotatable bonds is 10. The molecule has 28 heavy (non-hydrogen) atoms. The standard InChI is InChI=1S/C28H38/c1-3-5-6-8-24-15-19-27(20-16-24)28-21-17-26(18-22-28)14-13-25-11-9-23(7-4-2)10-12-25/h9-12,15-17,19-21,26,28H,3-8,13-14,18,22H2,1-2H3. The average Bonchev–Trinajstić information content (AvgIpc) is 2.75. The Balaban J connectivity index is 1.46. The fraction of sp³-hybridized carbons (Fsp3) is 0.500. The lowest BCUT2D eigenvalue weighted by Crippen LogP contribution is -2.08. The highest BCUT2D eigenvalue weighted by Gasteiger charge is 2.17. The van der Waals surface area contributed by atoms with Crippen LogP contribution in [-0.4, -0.2) is 0 Å². The third-order valence-electron chi connectivity index (χ3n) is 6.31. The molecule has 2 atom stereocenters. The molecule has 2 unspecified atom stereocenters. The van der Waals surface area contributed by atoms with Gasteiger partial charge in [0, 0.05) is 5.92 Å². The van der Waals surface area contributed by atoms with E-state index in [1.165, 1.54) is 86.5 Å². The van der Waals surface area contributed by atoms with Crippen molar-refractivity contribution in [1.29, 1.82) is 0 Å². The van der Waals surface area contributed by atoms with Gasteiger partial charge in [-0.25, -0.2) is 0 Å². The lowest BCUT2D eigenvalue weighted by molar-refractivity contribution is 0.482. The number of benzene rings is 2. The minimum atomic E-state index is 0.620. The van der Waals surface area contributed by atoms with Gasteiger partial charge in [0.15, 0.2) is 0 Å². The molecule has 0 heterocycles. The van der Waals surface area contributed by atoms with Crippen LogP contribution in [0.3, 0.4) is 0 Å². The minimum absolute atomic E-state index is 0.620. The molecule has 0 heteroatoms. The first-order valence-corrected chi connectivity index (χ1v) is 11.6. The second-order valence-electron chi connectivity index (χ2n) is 8.63. The summed E-state index contributed by atoms with van der Waals surface area (Å²) in [4.78, 5) is 0. The van der Waals surface area contributed by atoms with Gasteiger partial charge < -0.3 is 0 Å². The van der Waals surface area contributed by atoms with Crippen molar-refractivity contribution in [2.75, 3.05) is 0 Å². The van der Waals surface area contributed by atoms with E-state index in [0.717, 1.165) is 5.92 Å². The molecule has 0 N–H and O–H groups in total. The Bertz CT molecular complexity index is 705. The molecule has 0 saturated heterocycles. The number of hydrogen-bond acceptors (Lipinski definition) is 0. The largest absolute Gasteiger partial charge is 0.0848 e. The Morgan fingerprint density at radius 3 is 1.89 bits per heavy atom. The third kappa shape index (κ3) is 6.36. The molecule has 0 aromatic heterocycles. The van der Waals surface area contributed by atoms with Gasteiger partial charge >= 0.3 is 0 Å². The van der Waals surface area contributed by atoms with Crippen molar-refractivity contribution in [1.82, 2.24) is 0 Å². The molecule has 0 nitrogen and oxygen atoms in total. The van der Waals surface area contributed by atoms with Crippen LogP contribution in [0, 0.1) is 5.92 Å². The topological polar surface area (TPSA) is 0 Å². The first-order chi connectivity index (χ1) is 13.8. The lowest BCUT2D eigenvalue weighted by Gasteiger charge is -2.23. The van der Waals surface area contributed by atoms with Crippen molar-refractivity contribution in [2.45, 2.75) is 84.0 Å². The Kier molecular flexibility index (Phi) is 8.40. The number of aryl methyl sites for hydroxylation is 3. The van der Waals surface area contributed by atoms with E-state index >= 15 is 0 Å². The highest BCUT2D eigenvalue weighted by Crippen LogP contribution is 2.32. The Morgan fingerprint density at radius 2 is 1.29 bits per heavy atom. The van der Waals surface area contributed by atoms with Gasteiger partial charge in [0.05, 0.1) is 0 Å². The first kappa shape index (κ1) is 20.9. The minimum Gasteiger partial charge on any atom is -0.0848 e. The van der Waals surface area contributed by atoms with Gasteiger partial charge in [-0.1, -0.05) is 93.8 Å². The fourth-order valence-electron chi connectivity index (χ4n) is 4.42. The highest BCUT2D eigenvalue weighted by atomic mass is 14.2. The van der Waals surface area contributed by atoms with Gasteiger partial charge in [-0.3, -0.25) is 0 Å². The summed E-state index contributed by atoms with van der Waals surface area (Å²) in [5, 5.41) is 0. The molecule has 0 aliphatic heterocycles. The summed E-state index contributed by atoms with van der Waals surface area (Å²) >= 11 is 0. The van der Waals surface area contributed by atoms with Crippen LogP contribution >= 0.6 is 0 Å². The Labute approximate surface area is 173 Å². The number of unbranched alkanes of at least 4 members (excludes halogenated alkanes) is 2. The van der Waals surface area contributed by atoms with Gasteiger partial charge in [0.2, 0.25) is 0 Å². The maximum Gasteiger partial charge on any atom is 0.00182 e. The molecule has 0 saturated carbocycles. The van der Waals surface area contributed by atoms with Crippen LogP contribution in [-0.2, 0) is 19.3 Å². The predicted molar refractivity (Wildman–Crippen MR) is 123 cm³/mol. The predicted octanol–water partition coefficient (Wildman–Crippen LogP) is 8.05. The van der Waals surface area contributed by atoms with Crippen LogP contribution in [0.25, 0.3) is 0 Å². The molecular formula is C28H38. The highest BCUT2D eigenvalue weighted by molar-refractivity contribution is 5.29. The molecule has 0 spiro atoms. The van der Waals surface area contributed by atoms with Crippen molar-refractivity contribution >= 4 is 0 Å². The molecule has 0 radical (unpaired) electrons. The SMILES string of the molecule is CCCCCc1ccc(C2C=CC(CCc3ccc(CCC)cc3)CC2)cc1. The zero-order valence-corrected chi connectivity index (χ0v) is 18.0.